The molecule has 0 unspecified atom stereocenters. The van der Waals surface area contributed by atoms with Crippen LogP contribution in [0.15, 0.2) is 59.7 Å². The molecule has 210 valence electrons. The van der Waals surface area contributed by atoms with Gasteiger partial charge < -0.3 is 25.4 Å². The van der Waals surface area contributed by atoms with Crippen LogP contribution in [-0.4, -0.2) is 56.1 Å². The first-order chi connectivity index (χ1) is 18.8. The number of carbonyl (C=O) groups excluding carboxylic acids is 3. The Bertz CT molecular complexity index is 1090. The van der Waals surface area contributed by atoms with Crippen LogP contribution in [0.25, 0.3) is 10.4 Å². The van der Waals surface area contributed by atoms with E-state index >= 15 is 0 Å². The maximum absolute atomic E-state index is 13.2. The summed E-state index contributed by atoms with van der Waals surface area (Å²) in [5.41, 5.74) is 10.2. The minimum Gasteiger partial charge on any atom is -0.489 e. The molecule has 0 aliphatic heterocycles. The summed E-state index contributed by atoms with van der Waals surface area (Å²) in [7, 11) is 0. The lowest BCUT2D eigenvalue weighted by Crippen LogP contribution is -2.54. The molecule has 39 heavy (non-hydrogen) atoms. The summed E-state index contributed by atoms with van der Waals surface area (Å²) >= 11 is 0. The van der Waals surface area contributed by atoms with Crippen LogP contribution in [0.4, 0.5) is 0 Å². The molecule has 0 fully saturated rings. The van der Waals surface area contributed by atoms with Crippen LogP contribution in [0, 0.1) is 5.92 Å². The highest BCUT2D eigenvalue weighted by molar-refractivity contribution is 5.91. The van der Waals surface area contributed by atoms with E-state index in [0.29, 0.717) is 18.8 Å². The minimum absolute atomic E-state index is 0.142. The molecule has 0 bridgehead atoms. The van der Waals surface area contributed by atoms with Gasteiger partial charge in [-0.2, -0.15) is 0 Å². The summed E-state index contributed by atoms with van der Waals surface area (Å²) in [4.78, 5) is 40.5. The zero-order valence-electron chi connectivity index (χ0n) is 22.8. The monoisotopic (exact) mass is 538 g/mol. The first-order valence-corrected chi connectivity index (χ1v) is 13.0. The van der Waals surface area contributed by atoms with E-state index < -0.39 is 18.0 Å². The van der Waals surface area contributed by atoms with Crippen molar-refractivity contribution in [1.29, 1.82) is 0 Å². The summed E-state index contributed by atoms with van der Waals surface area (Å²) in [6.45, 7) is 6.66. The molecule has 2 aromatic rings. The molecule has 11 heteroatoms. The maximum Gasteiger partial charge on any atom is 0.243 e. The number of azide groups is 1. The van der Waals surface area contributed by atoms with Crippen molar-refractivity contribution in [2.45, 2.75) is 52.3 Å². The molecule has 2 rings (SSSR count). The molecule has 3 amide bonds. The normalized spacial score (nSPS) is 12.1. The number of carbonyl (C=O) groups is 3. The molecule has 0 saturated carbocycles. The van der Waals surface area contributed by atoms with Gasteiger partial charge in [0.1, 0.15) is 24.4 Å². The Balaban J connectivity index is 1.96. The van der Waals surface area contributed by atoms with Gasteiger partial charge in [0.15, 0.2) is 0 Å². The predicted molar refractivity (Wildman–Crippen MR) is 148 cm³/mol. The van der Waals surface area contributed by atoms with Crippen molar-refractivity contribution in [2.24, 2.45) is 11.0 Å². The second-order valence-corrected chi connectivity index (χ2v) is 9.42. The Morgan fingerprint density at radius 2 is 1.64 bits per heavy atom. The topological polar surface area (TPSA) is 155 Å². The fourth-order valence-electron chi connectivity index (χ4n) is 3.75. The number of nitrogens with zero attached hydrogens (tertiary/aromatic N) is 3. The summed E-state index contributed by atoms with van der Waals surface area (Å²) in [6, 6.07) is 15.5. The average molecular weight is 539 g/mol. The summed E-state index contributed by atoms with van der Waals surface area (Å²) < 4.78 is 11.1. The van der Waals surface area contributed by atoms with Crippen molar-refractivity contribution in [1.82, 2.24) is 16.0 Å². The number of hydrogen-bond donors (Lipinski definition) is 3. The summed E-state index contributed by atoms with van der Waals surface area (Å²) in [5, 5.41) is 11.6. The second kappa shape index (κ2) is 17.4. The molecule has 0 saturated heterocycles. The molecule has 0 heterocycles. The molecular formula is C28H38N6O5. The van der Waals surface area contributed by atoms with Crippen LogP contribution in [0.5, 0.6) is 5.75 Å². The molecular weight excluding hydrogens is 500 g/mol. The number of ether oxygens (including phenoxy) is 2. The van der Waals surface area contributed by atoms with Gasteiger partial charge >= 0.3 is 0 Å². The Labute approximate surface area is 229 Å². The Hall–Kier alpha value is -4.08. The third-order valence-corrected chi connectivity index (χ3v) is 5.59. The fourth-order valence-corrected chi connectivity index (χ4v) is 3.75. The van der Waals surface area contributed by atoms with E-state index in [4.69, 9.17) is 15.0 Å². The number of rotatable bonds is 17. The minimum atomic E-state index is -0.856. The summed E-state index contributed by atoms with van der Waals surface area (Å²) in [6.07, 6.45) is 0.676. The van der Waals surface area contributed by atoms with Crippen molar-refractivity contribution < 1.29 is 23.9 Å². The highest BCUT2D eigenvalue weighted by Crippen LogP contribution is 2.16. The van der Waals surface area contributed by atoms with Crippen molar-refractivity contribution in [3.8, 4) is 5.75 Å². The van der Waals surface area contributed by atoms with E-state index in [0.717, 1.165) is 11.1 Å². The first kappa shape index (κ1) is 31.1. The quantitative estimate of drug-likeness (QED) is 0.122. The standard InChI is InChI=1S/C28H38N6O5/c1-20(2)17-25(27(36)30-13-15-38-16-14-31-34-29)33-28(37)26(32-21(3)35)18-22-9-11-24(12-10-22)39-19-23-7-5-4-6-8-23/h4-12,20,25-26H,13-19H2,1-3H3,(H,30,36)(H,32,35)(H,33,37)/t25-,26+/m1/s1. The van der Waals surface area contributed by atoms with E-state index in [2.05, 4.69) is 26.0 Å². The van der Waals surface area contributed by atoms with Gasteiger partial charge in [0.05, 0.1) is 13.2 Å². The van der Waals surface area contributed by atoms with E-state index in [1.54, 1.807) is 0 Å². The lowest BCUT2D eigenvalue weighted by Gasteiger charge is -2.24. The average Bonchev–Trinajstić information content (AvgIpc) is 2.91. The Morgan fingerprint density at radius 3 is 2.28 bits per heavy atom. The Morgan fingerprint density at radius 1 is 0.923 bits per heavy atom. The largest absolute Gasteiger partial charge is 0.489 e. The van der Waals surface area contributed by atoms with Gasteiger partial charge in [0.25, 0.3) is 0 Å². The lowest BCUT2D eigenvalue weighted by atomic mass is 10.0. The van der Waals surface area contributed by atoms with Crippen molar-refractivity contribution in [3.63, 3.8) is 0 Å². The molecule has 2 atom stereocenters. The number of benzene rings is 2. The number of amides is 3. The van der Waals surface area contributed by atoms with Crippen LogP contribution in [-0.2, 0) is 32.1 Å². The van der Waals surface area contributed by atoms with Gasteiger partial charge in [-0.15, -0.1) is 0 Å². The maximum atomic E-state index is 13.2. The zero-order chi connectivity index (χ0) is 28.5. The van der Waals surface area contributed by atoms with Gasteiger partial charge in [-0.1, -0.05) is 61.4 Å². The molecule has 11 nitrogen and oxygen atoms in total. The van der Waals surface area contributed by atoms with Gasteiger partial charge in [-0.05, 0) is 41.1 Å². The zero-order valence-corrected chi connectivity index (χ0v) is 22.8. The van der Waals surface area contributed by atoms with Gasteiger partial charge in [0.2, 0.25) is 17.7 Å². The van der Waals surface area contributed by atoms with Crippen molar-refractivity contribution >= 4 is 17.7 Å². The molecule has 0 spiro atoms. The van der Waals surface area contributed by atoms with Crippen LogP contribution in [0.3, 0.4) is 0 Å². The van der Waals surface area contributed by atoms with Crippen LogP contribution in [0.1, 0.15) is 38.3 Å². The Kier molecular flexibility index (Phi) is 13.9. The van der Waals surface area contributed by atoms with Crippen LogP contribution >= 0.6 is 0 Å². The van der Waals surface area contributed by atoms with E-state index in [1.165, 1.54) is 6.92 Å². The highest BCUT2D eigenvalue weighted by Gasteiger charge is 2.27. The van der Waals surface area contributed by atoms with Crippen LogP contribution < -0.4 is 20.7 Å². The molecule has 0 aliphatic rings. The third-order valence-electron chi connectivity index (χ3n) is 5.59. The molecule has 0 aliphatic carbocycles. The summed E-state index contributed by atoms with van der Waals surface area (Å²) in [5.74, 6) is -0.290. The van der Waals surface area contributed by atoms with Crippen molar-refractivity contribution in [3.05, 3.63) is 76.2 Å². The molecule has 2 aromatic carbocycles. The van der Waals surface area contributed by atoms with Crippen molar-refractivity contribution in [2.75, 3.05) is 26.3 Å². The lowest BCUT2D eigenvalue weighted by molar-refractivity contribution is -0.132. The molecule has 0 radical (unpaired) electrons. The van der Waals surface area contributed by atoms with E-state index in [9.17, 15) is 14.4 Å². The van der Waals surface area contributed by atoms with Gasteiger partial charge in [-0.3, -0.25) is 14.4 Å². The van der Waals surface area contributed by atoms with Gasteiger partial charge in [-0.25, -0.2) is 0 Å². The second-order valence-electron chi connectivity index (χ2n) is 9.42. The fraction of sp³-hybridized carbons (Fsp3) is 0.464. The number of nitrogens with one attached hydrogen (secondary N) is 3. The SMILES string of the molecule is CC(=O)N[C@@H](Cc1ccc(OCc2ccccc2)cc1)C(=O)N[C@H](CC(C)C)C(=O)NCCOCCN=[N+]=[N-]. The smallest absolute Gasteiger partial charge is 0.243 e. The molecule has 0 aromatic heterocycles. The highest BCUT2D eigenvalue weighted by atomic mass is 16.5. The first-order valence-electron chi connectivity index (χ1n) is 13.0. The third kappa shape index (κ3) is 12.8. The van der Waals surface area contributed by atoms with E-state index in [1.807, 2.05) is 68.4 Å². The van der Waals surface area contributed by atoms with Crippen LogP contribution in [0.2, 0.25) is 0 Å². The molecule has 3 N–H and O–H groups in total. The number of hydrogen-bond acceptors (Lipinski definition) is 6. The van der Waals surface area contributed by atoms with Gasteiger partial charge in [0, 0.05) is 31.3 Å². The van der Waals surface area contributed by atoms with E-state index in [-0.39, 0.29) is 50.5 Å². The predicted octanol–water partition coefficient (Wildman–Crippen LogP) is 3.29.